The van der Waals surface area contributed by atoms with Crippen LogP contribution in [0.3, 0.4) is 0 Å². The molecule has 118 valence electrons. The molecule has 0 saturated carbocycles. The molecule has 1 rings (SSSR count). The standard InChI is InChI=1S/C17H29N3O/c1-4-20(5-2)17(21)14-18-12-9-13-19(3)15-16-10-7-6-8-11-16/h6-8,10-11,18H,4-5,9,12-15H2,1-3H3. The highest BCUT2D eigenvalue weighted by atomic mass is 16.2. The van der Waals surface area contributed by atoms with Crippen LogP contribution in [0.15, 0.2) is 30.3 Å². The molecule has 0 aliphatic rings. The van der Waals surface area contributed by atoms with Gasteiger partial charge in [-0.15, -0.1) is 0 Å². The third-order valence-corrected chi connectivity index (χ3v) is 3.58. The minimum absolute atomic E-state index is 0.192. The van der Waals surface area contributed by atoms with Crippen LogP contribution in [0.5, 0.6) is 0 Å². The van der Waals surface area contributed by atoms with Crippen molar-refractivity contribution in [2.75, 3.05) is 39.8 Å². The van der Waals surface area contributed by atoms with E-state index in [-0.39, 0.29) is 5.91 Å². The lowest BCUT2D eigenvalue weighted by molar-refractivity contribution is -0.129. The van der Waals surface area contributed by atoms with Crippen LogP contribution in [-0.2, 0) is 11.3 Å². The third-order valence-electron chi connectivity index (χ3n) is 3.58. The SMILES string of the molecule is CCN(CC)C(=O)CNCCCN(C)Cc1ccccc1. The zero-order chi connectivity index (χ0) is 15.5. The maximum absolute atomic E-state index is 11.8. The molecule has 0 radical (unpaired) electrons. The van der Waals surface area contributed by atoms with E-state index in [2.05, 4.69) is 41.5 Å². The Kier molecular flexibility index (Phi) is 8.71. The van der Waals surface area contributed by atoms with Crippen LogP contribution in [0.1, 0.15) is 25.8 Å². The molecular formula is C17H29N3O. The van der Waals surface area contributed by atoms with Gasteiger partial charge < -0.3 is 15.1 Å². The highest BCUT2D eigenvalue weighted by Crippen LogP contribution is 2.02. The Morgan fingerprint density at radius 1 is 1.14 bits per heavy atom. The topological polar surface area (TPSA) is 35.6 Å². The van der Waals surface area contributed by atoms with Gasteiger partial charge in [0.05, 0.1) is 6.54 Å². The van der Waals surface area contributed by atoms with Gasteiger partial charge in [0.15, 0.2) is 0 Å². The Hall–Kier alpha value is -1.39. The van der Waals surface area contributed by atoms with Crippen molar-refractivity contribution in [1.29, 1.82) is 0 Å². The van der Waals surface area contributed by atoms with Crippen LogP contribution >= 0.6 is 0 Å². The molecule has 0 bridgehead atoms. The average molecular weight is 291 g/mol. The highest BCUT2D eigenvalue weighted by Gasteiger charge is 2.08. The Bertz CT molecular complexity index is 390. The van der Waals surface area contributed by atoms with Gasteiger partial charge in [0.1, 0.15) is 0 Å². The minimum Gasteiger partial charge on any atom is -0.342 e. The predicted molar refractivity (Wildman–Crippen MR) is 88.2 cm³/mol. The predicted octanol–water partition coefficient (Wildman–Crippen LogP) is 1.97. The van der Waals surface area contributed by atoms with Crippen molar-refractivity contribution in [3.63, 3.8) is 0 Å². The van der Waals surface area contributed by atoms with Crippen molar-refractivity contribution >= 4 is 5.91 Å². The van der Waals surface area contributed by atoms with Crippen LogP contribution in [0, 0.1) is 0 Å². The molecule has 0 aromatic heterocycles. The summed E-state index contributed by atoms with van der Waals surface area (Å²) in [4.78, 5) is 16.0. The van der Waals surface area contributed by atoms with E-state index in [1.165, 1.54) is 5.56 Å². The fraction of sp³-hybridized carbons (Fsp3) is 0.588. The first-order valence-electron chi connectivity index (χ1n) is 7.88. The minimum atomic E-state index is 0.192. The van der Waals surface area contributed by atoms with Gasteiger partial charge >= 0.3 is 0 Å². The van der Waals surface area contributed by atoms with Crippen molar-refractivity contribution < 1.29 is 4.79 Å². The van der Waals surface area contributed by atoms with Gasteiger partial charge in [0, 0.05) is 19.6 Å². The summed E-state index contributed by atoms with van der Waals surface area (Å²) < 4.78 is 0. The van der Waals surface area contributed by atoms with Crippen LogP contribution in [-0.4, -0.2) is 55.5 Å². The molecule has 21 heavy (non-hydrogen) atoms. The first-order chi connectivity index (χ1) is 10.2. The van der Waals surface area contributed by atoms with Gasteiger partial charge in [-0.2, -0.15) is 0 Å². The monoisotopic (exact) mass is 291 g/mol. The van der Waals surface area contributed by atoms with E-state index in [1.54, 1.807) is 0 Å². The van der Waals surface area contributed by atoms with E-state index in [0.717, 1.165) is 39.1 Å². The summed E-state index contributed by atoms with van der Waals surface area (Å²) in [5, 5.41) is 3.24. The summed E-state index contributed by atoms with van der Waals surface area (Å²) in [6.07, 6.45) is 1.05. The lowest BCUT2D eigenvalue weighted by Gasteiger charge is -2.19. The van der Waals surface area contributed by atoms with Gasteiger partial charge in [-0.05, 0) is 46.0 Å². The van der Waals surface area contributed by atoms with E-state index in [1.807, 2.05) is 24.8 Å². The second-order valence-electron chi connectivity index (χ2n) is 5.32. The van der Waals surface area contributed by atoms with Crippen LogP contribution in [0.2, 0.25) is 0 Å². The molecule has 1 aromatic rings. The van der Waals surface area contributed by atoms with Gasteiger partial charge in [0.2, 0.25) is 5.91 Å². The largest absolute Gasteiger partial charge is 0.342 e. The molecule has 0 unspecified atom stereocenters. The Morgan fingerprint density at radius 3 is 2.43 bits per heavy atom. The number of hydrogen-bond acceptors (Lipinski definition) is 3. The molecule has 1 aromatic carbocycles. The van der Waals surface area contributed by atoms with Gasteiger partial charge in [0.25, 0.3) is 0 Å². The fourth-order valence-electron chi connectivity index (χ4n) is 2.33. The molecule has 1 N–H and O–H groups in total. The molecule has 0 aliphatic heterocycles. The molecule has 0 fully saturated rings. The summed E-state index contributed by atoms with van der Waals surface area (Å²) in [6, 6.07) is 10.5. The number of likely N-dealkylation sites (N-methyl/N-ethyl adjacent to an activating group) is 1. The number of benzene rings is 1. The molecule has 0 atom stereocenters. The number of rotatable bonds is 10. The summed E-state index contributed by atoms with van der Waals surface area (Å²) in [6.45, 7) is 8.93. The summed E-state index contributed by atoms with van der Waals surface area (Å²) in [5.41, 5.74) is 1.34. The van der Waals surface area contributed by atoms with Gasteiger partial charge in [-0.25, -0.2) is 0 Å². The third kappa shape index (κ3) is 7.25. The zero-order valence-corrected chi connectivity index (χ0v) is 13.6. The van der Waals surface area contributed by atoms with E-state index >= 15 is 0 Å². The van der Waals surface area contributed by atoms with E-state index in [9.17, 15) is 4.79 Å². The Balaban J connectivity index is 2.10. The molecule has 0 heterocycles. The van der Waals surface area contributed by atoms with E-state index < -0.39 is 0 Å². The molecule has 4 nitrogen and oxygen atoms in total. The molecular weight excluding hydrogens is 262 g/mol. The number of carbonyl (C=O) groups excluding carboxylic acids is 1. The normalized spacial score (nSPS) is 10.9. The summed E-state index contributed by atoms with van der Waals surface area (Å²) in [7, 11) is 2.13. The average Bonchev–Trinajstić information content (AvgIpc) is 2.49. The first kappa shape index (κ1) is 17.7. The Labute approximate surface area is 129 Å². The second kappa shape index (κ2) is 10.4. The Morgan fingerprint density at radius 2 is 1.81 bits per heavy atom. The van der Waals surface area contributed by atoms with Crippen molar-refractivity contribution in [2.24, 2.45) is 0 Å². The maximum atomic E-state index is 11.8. The van der Waals surface area contributed by atoms with Crippen LogP contribution in [0.25, 0.3) is 0 Å². The number of amides is 1. The number of nitrogens with one attached hydrogen (secondary N) is 1. The number of carbonyl (C=O) groups is 1. The smallest absolute Gasteiger partial charge is 0.236 e. The first-order valence-corrected chi connectivity index (χ1v) is 7.88. The zero-order valence-electron chi connectivity index (χ0n) is 13.6. The highest BCUT2D eigenvalue weighted by molar-refractivity contribution is 5.78. The molecule has 0 aliphatic carbocycles. The van der Waals surface area contributed by atoms with Crippen molar-refractivity contribution in [2.45, 2.75) is 26.8 Å². The maximum Gasteiger partial charge on any atom is 0.236 e. The quantitative estimate of drug-likeness (QED) is 0.670. The van der Waals surface area contributed by atoms with Crippen molar-refractivity contribution in [3.8, 4) is 0 Å². The second-order valence-corrected chi connectivity index (χ2v) is 5.32. The lowest BCUT2D eigenvalue weighted by Crippen LogP contribution is -2.38. The summed E-state index contributed by atoms with van der Waals surface area (Å²) >= 11 is 0. The van der Waals surface area contributed by atoms with Gasteiger partial charge in [-0.3, -0.25) is 4.79 Å². The molecule has 1 amide bonds. The van der Waals surface area contributed by atoms with Crippen LogP contribution < -0.4 is 5.32 Å². The summed E-state index contributed by atoms with van der Waals surface area (Å²) in [5.74, 6) is 0.192. The van der Waals surface area contributed by atoms with Gasteiger partial charge in [-0.1, -0.05) is 30.3 Å². The lowest BCUT2D eigenvalue weighted by atomic mass is 10.2. The number of nitrogens with zero attached hydrogens (tertiary/aromatic N) is 2. The fourth-order valence-corrected chi connectivity index (χ4v) is 2.33. The number of hydrogen-bond donors (Lipinski definition) is 1. The molecule has 0 saturated heterocycles. The molecule has 0 spiro atoms. The van der Waals surface area contributed by atoms with E-state index in [0.29, 0.717) is 6.54 Å². The van der Waals surface area contributed by atoms with Crippen molar-refractivity contribution in [1.82, 2.24) is 15.1 Å². The molecule has 4 heteroatoms. The van der Waals surface area contributed by atoms with Crippen LogP contribution in [0.4, 0.5) is 0 Å². The van der Waals surface area contributed by atoms with Crippen molar-refractivity contribution in [3.05, 3.63) is 35.9 Å². The van der Waals surface area contributed by atoms with E-state index in [4.69, 9.17) is 0 Å².